The SMILES string of the molecule is CN(C)CCN1C=CC=C2NC(c3ccccc3)c3cc(Cl)ccc3NC21. The minimum atomic E-state index is 0.0471. The zero-order valence-electron chi connectivity index (χ0n) is 15.7. The van der Waals surface area contributed by atoms with Gasteiger partial charge in [-0.25, -0.2) is 0 Å². The van der Waals surface area contributed by atoms with Crippen LogP contribution in [0.1, 0.15) is 17.2 Å². The fourth-order valence-electron chi connectivity index (χ4n) is 3.62. The van der Waals surface area contributed by atoms with Crippen molar-refractivity contribution in [3.05, 3.63) is 88.7 Å². The Morgan fingerprint density at radius 3 is 2.67 bits per heavy atom. The van der Waals surface area contributed by atoms with Crippen LogP contribution in [0, 0.1) is 0 Å². The van der Waals surface area contributed by atoms with Gasteiger partial charge in [-0.15, -0.1) is 0 Å². The van der Waals surface area contributed by atoms with Gasteiger partial charge in [-0.1, -0.05) is 41.9 Å². The van der Waals surface area contributed by atoms with Crippen LogP contribution in [0.15, 0.2) is 72.6 Å². The largest absolute Gasteiger partial charge is 0.374 e. The van der Waals surface area contributed by atoms with Gasteiger partial charge >= 0.3 is 0 Å². The van der Waals surface area contributed by atoms with E-state index in [2.05, 4.69) is 89.3 Å². The third-order valence-electron chi connectivity index (χ3n) is 5.05. The summed E-state index contributed by atoms with van der Waals surface area (Å²) in [6.07, 6.45) is 6.50. The van der Waals surface area contributed by atoms with E-state index < -0.39 is 0 Å². The highest BCUT2D eigenvalue weighted by Gasteiger charge is 2.30. The number of hydrogen-bond acceptors (Lipinski definition) is 4. The van der Waals surface area contributed by atoms with Gasteiger partial charge in [0.05, 0.1) is 11.7 Å². The Kier molecular flexibility index (Phi) is 5.10. The molecule has 2 aliphatic heterocycles. The Hall–Kier alpha value is -2.43. The van der Waals surface area contributed by atoms with Gasteiger partial charge in [0.2, 0.25) is 0 Å². The third-order valence-corrected chi connectivity index (χ3v) is 5.28. The Morgan fingerprint density at radius 1 is 1.07 bits per heavy atom. The van der Waals surface area contributed by atoms with Crippen molar-refractivity contribution < 1.29 is 0 Å². The average Bonchev–Trinajstić information content (AvgIpc) is 2.84. The summed E-state index contributed by atoms with van der Waals surface area (Å²) in [4.78, 5) is 4.55. The minimum absolute atomic E-state index is 0.0471. The second-order valence-electron chi connectivity index (χ2n) is 7.27. The molecule has 0 radical (unpaired) electrons. The molecule has 0 amide bonds. The number of allylic oxidation sites excluding steroid dienone is 2. The smallest absolute Gasteiger partial charge is 0.140 e. The fraction of sp³-hybridized carbons (Fsp3) is 0.273. The summed E-state index contributed by atoms with van der Waals surface area (Å²) in [6, 6.07) is 16.7. The van der Waals surface area contributed by atoms with Gasteiger partial charge in [0.15, 0.2) is 0 Å². The molecule has 0 saturated heterocycles. The predicted molar refractivity (Wildman–Crippen MR) is 113 cm³/mol. The first-order valence-electron chi connectivity index (χ1n) is 9.28. The quantitative estimate of drug-likeness (QED) is 0.837. The molecule has 0 spiro atoms. The highest BCUT2D eigenvalue weighted by atomic mass is 35.5. The zero-order chi connectivity index (χ0) is 18.8. The van der Waals surface area contributed by atoms with E-state index >= 15 is 0 Å². The van der Waals surface area contributed by atoms with Crippen LogP contribution in [0.2, 0.25) is 5.02 Å². The van der Waals surface area contributed by atoms with Gasteiger partial charge in [0.1, 0.15) is 6.17 Å². The number of anilines is 1. The second kappa shape index (κ2) is 7.67. The van der Waals surface area contributed by atoms with E-state index in [1.54, 1.807) is 0 Å². The van der Waals surface area contributed by atoms with Crippen molar-refractivity contribution in [3.8, 4) is 0 Å². The Bertz CT molecular complexity index is 860. The van der Waals surface area contributed by atoms with Crippen LogP contribution < -0.4 is 10.6 Å². The van der Waals surface area contributed by atoms with Crippen LogP contribution in [0.5, 0.6) is 0 Å². The molecule has 4 rings (SSSR count). The number of nitrogens with zero attached hydrogens (tertiary/aromatic N) is 2. The lowest BCUT2D eigenvalue weighted by atomic mass is 9.97. The van der Waals surface area contributed by atoms with E-state index in [1.165, 1.54) is 5.56 Å². The maximum absolute atomic E-state index is 6.35. The first-order chi connectivity index (χ1) is 13.1. The van der Waals surface area contributed by atoms with E-state index in [1.807, 2.05) is 12.1 Å². The van der Waals surface area contributed by atoms with Crippen molar-refractivity contribution in [1.82, 2.24) is 15.1 Å². The molecule has 2 aromatic rings. The van der Waals surface area contributed by atoms with Gasteiger partial charge in [-0.3, -0.25) is 0 Å². The molecule has 0 saturated carbocycles. The Morgan fingerprint density at radius 2 is 1.89 bits per heavy atom. The molecule has 5 heteroatoms. The van der Waals surface area contributed by atoms with E-state index in [9.17, 15) is 0 Å². The summed E-state index contributed by atoms with van der Waals surface area (Å²) in [5, 5.41) is 8.25. The van der Waals surface area contributed by atoms with Crippen LogP contribution >= 0.6 is 11.6 Å². The minimum Gasteiger partial charge on any atom is -0.374 e. The summed E-state index contributed by atoms with van der Waals surface area (Å²) in [5.41, 5.74) is 4.66. The second-order valence-corrected chi connectivity index (χ2v) is 7.71. The number of likely N-dealkylation sites (N-methyl/N-ethyl adjacent to an activating group) is 1. The molecule has 0 bridgehead atoms. The van der Waals surface area contributed by atoms with Crippen molar-refractivity contribution in [2.75, 3.05) is 32.5 Å². The van der Waals surface area contributed by atoms with Crippen molar-refractivity contribution in [2.45, 2.75) is 12.2 Å². The maximum atomic E-state index is 6.35. The molecule has 2 aliphatic rings. The molecular weight excluding hydrogens is 356 g/mol. The summed E-state index contributed by atoms with van der Waals surface area (Å²) in [6.45, 7) is 1.94. The summed E-state index contributed by atoms with van der Waals surface area (Å²) < 4.78 is 0. The fourth-order valence-corrected chi connectivity index (χ4v) is 3.80. The highest BCUT2D eigenvalue weighted by molar-refractivity contribution is 6.30. The Balaban J connectivity index is 1.73. The molecule has 0 fully saturated rings. The number of hydrogen-bond donors (Lipinski definition) is 2. The molecule has 27 heavy (non-hydrogen) atoms. The van der Waals surface area contributed by atoms with Gasteiger partial charge in [0, 0.05) is 35.6 Å². The van der Waals surface area contributed by atoms with E-state index in [-0.39, 0.29) is 12.2 Å². The zero-order valence-corrected chi connectivity index (χ0v) is 16.4. The first-order valence-corrected chi connectivity index (χ1v) is 9.66. The lowest BCUT2D eigenvalue weighted by molar-refractivity contribution is 0.273. The number of halogens is 1. The van der Waals surface area contributed by atoms with Crippen LogP contribution in [0.4, 0.5) is 5.69 Å². The standard InChI is InChI=1S/C22H25ClN4/c1-26(2)13-14-27-12-6-9-20-22(27)25-19-11-10-17(23)15-18(19)21(24-20)16-7-4-3-5-8-16/h3-12,15,21-22,24-25H,13-14H2,1-2H3. The average molecular weight is 381 g/mol. The van der Waals surface area contributed by atoms with E-state index in [0.29, 0.717) is 0 Å². The van der Waals surface area contributed by atoms with Crippen molar-refractivity contribution in [1.29, 1.82) is 0 Å². The van der Waals surface area contributed by atoms with Crippen LogP contribution in [-0.2, 0) is 0 Å². The van der Waals surface area contributed by atoms with Gasteiger partial charge < -0.3 is 20.4 Å². The number of nitrogens with one attached hydrogen (secondary N) is 2. The maximum Gasteiger partial charge on any atom is 0.140 e. The van der Waals surface area contributed by atoms with E-state index in [0.717, 1.165) is 35.1 Å². The van der Waals surface area contributed by atoms with Crippen molar-refractivity contribution in [2.24, 2.45) is 0 Å². The van der Waals surface area contributed by atoms with Gasteiger partial charge in [-0.2, -0.15) is 0 Å². The molecule has 2 aromatic carbocycles. The molecule has 2 atom stereocenters. The highest BCUT2D eigenvalue weighted by Crippen LogP contribution is 2.36. The molecule has 2 N–H and O–H groups in total. The molecule has 0 aromatic heterocycles. The summed E-state index contributed by atoms with van der Waals surface area (Å²) >= 11 is 6.35. The predicted octanol–water partition coefficient (Wildman–Crippen LogP) is 4.05. The summed E-state index contributed by atoms with van der Waals surface area (Å²) in [5.74, 6) is 0. The van der Waals surface area contributed by atoms with Gasteiger partial charge in [0.25, 0.3) is 0 Å². The van der Waals surface area contributed by atoms with Crippen molar-refractivity contribution in [3.63, 3.8) is 0 Å². The molecule has 0 aliphatic carbocycles. The number of fused-ring (bicyclic) bond motifs is 2. The van der Waals surface area contributed by atoms with Crippen LogP contribution in [0.25, 0.3) is 0 Å². The molecular formula is C22H25ClN4. The van der Waals surface area contributed by atoms with Gasteiger partial charge in [-0.05, 0) is 50.0 Å². The molecule has 2 unspecified atom stereocenters. The number of benzene rings is 2. The van der Waals surface area contributed by atoms with Crippen LogP contribution in [0.3, 0.4) is 0 Å². The Labute approximate surface area is 166 Å². The lowest BCUT2D eigenvalue weighted by Crippen LogP contribution is -2.45. The monoisotopic (exact) mass is 380 g/mol. The molecule has 4 nitrogen and oxygen atoms in total. The molecule has 140 valence electrons. The number of rotatable bonds is 4. The third kappa shape index (κ3) is 3.82. The topological polar surface area (TPSA) is 30.5 Å². The first kappa shape index (κ1) is 18.0. The normalized spacial score (nSPS) is 20.9. The molecule has 2 heterocycles. The van der Waals surface area contributed by atoms with Crippen molar-refractivity contribution >= 4 is 17.3 Å². The lowest BCUT2D eigenvalue weighted by Gasteiger charge is -2.35. The van der Waals surface area contributed by atoms with E-state index in [4.69, 9.17) is 11.6 Å². The van der Waals surface area contributed by atoms with Crippen LogP contribution in [-0.4, -0.2) is 43.2 Å². The summed E-state index contributed by atoms with van der Waals surface area (Å²) in [7, 11) is 4.21.